The van der Waals surface area contributed by atoms with Crippen LogP contribution in [0.15, 0.2) is 18.2 Å². The zero-order valence-electron chi connectivity index (χ0n) is 9.70. The first-order valence-corrected chi connectivity index (χ1v) is 4.84. The van der Waals surface area contributed by atoms with Crippen molar-refractivity contribution in [3.8, 4) is 0 Å². The number of hydrogen-bond donors (Lipinski definition) is 1. The fraction of sp³-hybridized carbons (Fsp3) is 0.400. The van der Waals surface area contributed by atoms with Gasteiger partial charge in [-0.05, 0) is 23.8 Å². The Bertz CT molecular complexity index is 457. The van der Waals surface area contributed by atoms with Crippen molar-refractivity contribution < 1.29 is 39.5 Å². The average Bonchev–Trinajstić information content (AvgIpc) is 2.23. The van der Waals surface area contributed by atoms with Gasteiger partial charge in [-0.3, -0.25) is 0 Å². The van der Waals surface area contributed by atoms with Crippen molar-refractivity contribution in [1.29, 1.82) is 0 Å². The monoisotopic (exact) mass is 347 g/mol. The number of alkyl halides is 9. The van der Waals surface area contributed by atoms with E-state index in [4.69, 9.17) is 0 Å². The Morgan fingerprint density at radius 2 is 1.05 bits per heavy atom. The molecule has 2 N–H and O–H groups in total. The van der Waals surface area contributed by atoms with Crippen molar-refractivity contribution in [2.75, 3.05) is 0 Å². The minimum atomic E-state index is -5.22. The second-order valence-corrected chi connectivity index (χ2v) is 3.86. The van der Waals surface area contributed by atoms with E-state index < -0.39 is 41.3 Å². The molecule has 0 heterocycles. The van der Waals surface area contributed by atoms with E-state index in [2.05, 4.69) is 5.73 Å². The maximum absolute atomic E-state index is 12.4. The highest BCUT2D eigenvalue weighted by atomic mass is 35.5. The molecular formula is C10H7ClF9N. The minimum Gasteiger partial charge on any atom is -0.316 e. The number of rotatable bonds is 1. The first-order valence-electron chi connectivity index (χ1n) is 4.84. The topological polar surface area (TPSA) is 26.0 Å². The smallest absolute Gasteiger partial charge is 0.316 e. The molecule has 1 aromatic rings. The average molecular weight is 348 g/mol. The number of hydrogen-bond acceptors (Lipinski definition) is 1. The second kappa shape index (κ2) is 5.91. The summed E-state index contributed by atoms with van der Waals surface area (Å²) in [5.41, 5.74) is -0.360. The predicted molar refractivity (Wildman–Crippen MR) is 56.7 cm³/mol. The standard InChI is InChI=1S/C10H6F9N.ClH/c11-8(12,13)5-1-4(7(20)10(17,18)19)2-6(3-5)9(14,15)16;/h1-3,7H,20H2;1H/t7-;/m0./s1. The van der Waals surface area contributed by atoms with Gasteiger partial charge in [0.25, 0.3) is 0 Å². The quantitative estimate of drug-likeness (QED) is 0.732. The molecule has 0 saturated carbocycles. The van der Waals surface area contributed by atoms with Crippen molar-refractivity contribution in [3.63, 3.8) is 0 Å². The van der Waals surface area contributed by atoms with Gasteiger partial charge in [0, 0.05) is 0 Å². The fourth-order valence-corrected chi connectivity index (χ4v) is 1.35. The Hall–Kier alpha value is -1.16. The van der Waals surface area contributed by atoms with Crippen LogP contribution in [0.4, 0.5) is 39.5 Å². The molecule has 0 radical (unpaired) electrons. The first kappa shape index (κ1) is 19.8. The van der Waals surface area contributed by atoms with Gasteiger partial charge in [-0.25, -0.2) is 0 Å². The van der Waals surface area contributed by atoms with E-state index in [1.807, 2.05) is 0 Å². The van der Waals surface area contributed by atoms with E-state index >= 15 is 0 Å². The van der Waals surface area contributed by atoms with Crippen LogP contribution in [0.2, 0.25) is 0 Å². The molecule has 1 rings (SSSR count). The zero-order chi connectivity index (χ0) is 15.9. The maximum atomic E-state index is 12.4. The third-order valence-electron chi connectivity index (χ3n) is 2.32. The normalized spacial score (nSPS) is 14.6. The van der Waals surface area contributed by atoms with Crippen LogP contribution in [0.5, 0.6) is 0 Å². The molecule has 0 aliphatic carbocycles. The Morgan fingerprint density at radius 3 is 1.29 bits per heavy atom. The summed E-state index contributed by atoms with van der Waals surface area (Å²) in [4.78, 5) is 0. The van der Waals surface area contributed by atoms with E-state index in [1.165, 1.54) is 0 Å². The predicted octanol–water partition coefficient (Wildman–Crippen LogP) is 4.71. The summed E-state index contributed by atoms with van der Waals surface area (Å²) in [6.45, 7) is 0. The molecule has 0 aromatic heterocycles. The molecule has 1 aromatic carbocycles. The van der Waals surface area contributed by atoms with Gasteiger partial charge in [0.15, 0.2) is 0 Å². The summed E-state index contributed by atoms with van der Waals surface area (Å²) in [5, 5.41) is 0. The second-order valence-electron chi connectivity index (χ2n) is 3.86. The van der Waals surface area contributed by atoms with E-state index in [-0.39, 0.29) is 30.6 Å². The molecule has 1 nitrogen and oxygen atoms in total. The number of halogens is 10. The lowest BCUT2D eigenvalue weighted by atomic mass is 9.99. The molecule has 0 bridgehead atoms. The molecule has 0 aliphatic rings. The Balaban J connectivity index is 0.00000400. The van der Waals surface area contributed by atoms with Crippen molar-refractivity contribution in [2.45, 2.75) is 24.6 Å². The van der Waals surface area contributed by atoms with Crippen LogP contribution in [0.1, 0.15) is 22.7 Å². The van der Waals surface area contributed by atoms with Gasteiger partial charge in [0.05, 0.1) is 11.1 Å². The van der Waals surface area contributed by atoms with E-state index in [0.29, 0.717) is 0 Å². The molecule has 1 atom stereocenters. The first-order chi connectivity index (χ1) is 8.73. The molecule has 0 unspecified atom stereocenters. The Labute approximate surface area is 118 Å². The summed E-state index contributed by atoms with van der Waals surface area (Å²) in [5.74, 6) is 0. The van der Waals surface area contributed by atoms with Crippen LogP contribution >= 0.6 is 12.4 Å². The molecule has 11 heteroatoms. The lowest BCUT2D eigenvalue weighted by Crippen LogP contribution is -2.29. The Kier molecular flexibility index (Phi) is 5.59. The van der Waals surface area contributed by atoms with Crippen molar-refractivity contribution in [2.24, 2.45) is 5.73 Å². The van der Waals surface area contributed by atoms with Gasteiger partial charge in [0.2, 0.25) is 0 Å². The van der Waals surface area contributed by atoms with Crippen LogP contribution in [-0.4, -0.2) is 6.18 Å². The third-order valence-corrected chi connectivity index (χ3v) is 2.32. The van der Waals surface area contributed by atoms with Crippen LogP contribution in [0.25, 0.3) is 0 Å². The summed E-state index contributed by atoms with van der Waals surface area (Å²) >= 11 is 0. The molecule has 0 fully saturated rings. The van der Waals surface area contributed by atoms with Gasteiger partial charge >= 0.3 is 18.5 Å². The van der Waals surface area contributed by atoms with E-state index in [0.717, 1.165) is 0 Å². The lowest BCUT2D eigenvalue weighted by Gasteiger charge is -2.19. The van der Waals surface area contributed by atoms with Crippen molar-refractivity contribution in [1.82, 2.24) is 0 Å². The zero-order valence-corrected chi connectivity index (χ0v) is 10.5. The lowest BCUT2D eigenvalue weighted by molar-refractivity contribution is -0.152. The fourth-order valence-electron chi connectivity index (χ4n) is 1.35. The van der Waals surface area contributed by atoms with Gasteiger partial charge in [-0.1, -0.05) is 0 Å². The van der Waals surface area contributed by atoms with E-state index in [1.54, 1.807) is 0 Å². The van der Waals surface area contributed by atoms with Crippen LogP contribution in [0, 0.1) is 0 Å². The summed E-state index contributed by atoms with van der Waals surface area (Å²) < 4.78 is 111. The molecule has 21 heavy (non-hydrogen) atoms. The van der Waals surface area contributed by atoms with Crippen LogP contribution in [0.3, 0.4) is 0 Å². The van der Waals surface area contributed by atoms with E-state index in [9.17, 15) is 39.5 Å². The summed E-state index contributed by atoms with van der Waals surface area (Å²) in [7, 11) is 0. The van der Waals surface area contributed by atoms with Gasteiger partial charge < -0.3 is 5.73 Å². The highest BCUT2D eigenvalue weighted by molar-refractivity contribution is 5.85. The Morgan fingerprint density at radius 1 is 0.714 bits per heavy atom. The maximum Gasteiger partial charge on any atom is 0.416 e. The van der Waals surface area contributed by atoms with Gasteiger partial charge in [-0.15, -0.1) is 12.4 Å². The summed E-state index contributed by atoms with van der Waals surface area (Å²) in [6, 6.07) is -3.31. The highest BCUT2D eigenvalue weighted by Gasteiger charge is 2.42. The van der Waals surface area contributed by atoms with Crippen LogP contribution in [-0.2, 0) is 12.4 Å². The molecule has 0 spiro atoms. The molecular weight excluding hydrogens is 341 g/mol. The SMILES string of the molecule is Cl.N[C@@H](c1cc(C(F)(F)F)cc(C(F)(F)F)c1)C(F)(F)F. The third kappa shape index (κ3) is 4.95. The largest absolute Gasteiger partial charge is 0.416 e. The van der Waals surface area contributed by atoms with Gasteiger partial charge in [-0.2, -0.15) is 39.5 Å². The van der Waals surface area contributed by atoms with Gasteiger partial charge in [0.1, 0.15) is 6.04 Å². The molecule has 0 amide bonds. The minimum absolute atomic E-state index is 0. The van der Waals surface area contributed by atoms with Crippen LogP contribution < -0.4 is 5.73 Å². The van der Waals surface area contributed by atoms with Crippen molar-refractivity contribution >= 4 is 12.4 Å². The number of benzene rings is 1. The molecule has 0 aliphatic heterocycles. The molecule has 0 saturated heterocycles. The van der Waals surface area contributed by atoms with Crippen molar-refractivity contribution in [3.05, 3.63) is 34.9 Å². The highest BCUT2D eigenvalue weighted by Crippen LogP contribution is 2.39. The number of nitrogens with two attached hydrogens (primary N) is 1. The summed E-state index contributed by atoms with van der Waals surface area (Å²) in [6.07, 6.45) is -15.6. The molecule has 122 valence electrons.